The zero-order valence-electron chi connectivity index (χ0n) is 13.8. The SMILES string of the molecule is Cc1cc(C)nc(NC(=O)NS(=O)(=O)C2(C)C=CC=CC2C(=O)O)n1. The second-order valence-electron chi connectivity index (χ2n) is 5.78. The van der Waals surface area contributed by atoms with E-state index >= 15 is 0 Å². The minimum Gasteiger partial charge on any atom is -0.481 e. The molecule has 0 bridgehead atoms. The number of hydrogen-bond donors (Lipinski definition) is 3. The van der Waals surface area contributed by atoms with Gasteiger partial charge in [-0.15, -0.1) is 0 Å². The highest BCUT2D eigenvalue weighted by molar-refractivity contribution is 7.91. The largest absolute Gasteiger partial charge is 0.481 e. The summed E-state index contributed by atoms with van der Waals surface area (Å²) in [5.41, 5.74) is 1.20. The van der Waals surface area contributed by atoms with Crippen LogP contribution in [-0.2, 0) is 14.8 Å². The van der Waals surface area contributed by atoms with E-state index in [1.165, 1.54) is 31.2 Å². The Morgan fingerprint density at radius 2 is 1.80 bits per heavy atom. The van der Waals surface area contributed by atoms with Gasteiger partial charge in [-0.1, -0.05) is 24.3 Å². The van der Waals surface area contributed by atoms with Crippen LogP contribution in [0, 0.1) is 19.8 Å². The van der Waals surface area contributed by atoms with Crippen molar-refractivity contribution in [1.29, 1.82) is 0 Å². The molecule has 2 rings (SSSR count). The van der Waals surface area contributed by atoms with E-state index in [2.05, 4.69) is 15.3 Å². The molecule has 0 fully saturated rings. The number of nitrogens with one attached hydrogen (secondary N) is 2. The topological polar surface area (TPSA) is 138 Å². The van der Waals surface area contributed by atoms with Crippen LogP contribution >= 0.6 is 0 Å². The normalized spacial score (nSPS) is 22.4. The molecule has 10 heteroatoms. The number of rotatable bonds is 4. The number of aliphatic carboxylic acids is 1. The third kappa shape index (κ3) is 3.85. The molecule has 0 saturated carbocycles. The molecule has 0 saturated heterocycles. The first-order valence-electron chi connectivity index (χ1n) is 7.29. The summed E-state index contributed by atoms with van der Waals surface area (Å²) in [7, 11) is -4.35. The van der Waals surface area contributed by atoms with Crippen molar-refractivity contribution in [1.82, 2.24) is 14.7 Å². The van der Waals surface area contributed by atoms with E-state index in [1.54, 1.807) is 19.9 Å². The summed E-state index contributed by atoms with van der Waals surface area (Å²) in [6, 6.07) is 0.621. The van der Waals surface area contributed by atoms with Crippen LogP contribution in [0.3, 0.4) is 0 Å². The lowest BCUT2D eigenvalue weighted by molar-refractivity contribution is -0.140. The lowest BCUT2D eigenvalue weighted by atomic mass is 9.89. The Hall–Kier alpha value is -2.75. The molecule has 3 N–H and O–H groups in total. The van der Waals surface area contributed by atoms with E-state index in [1.807, 2.05) is 4.72 Å². The van der Waals surface area contributed by atoms with Crippen LogP contribution in [0.4, 0.5) is 10.7 Å². The van der Waals surface area contributed by atoms with E-state index in [-0.39, 0.29) is 5.95 Å². The van der Waals surface area contributed by atoms with Crippen molar-refractivity contribution in [3.8, 4) is 0 Å². The zero-order valence-corrected chi connectivity index (χ0v) is 14.7. The van der Waals surface area contributed by atoms with Gasteiger partial charge in [0.15, 0.2) is 0 Å². The van der Waals surface area contributed by atoms with Gasteiger partial charge < -0.3 is 5.11 Å². The molecule has 134 valence electrons. The second kappa shape index (κ2) is 6.63. The van der Waals surface area contributed by atoms with Gasteiger partial charge in [0.25, 0.3) is 0 Å². The van der Waals surface area contributed by atoms with Gasteiger partial charge in [0, 0.05) is 11.4 Å². The summed E-state index contributed by atoms with van der Waals surface area (Å²) in [5, 5.41) is 11.5. The number of carbonyl (C=O) groups excluding carboxylic acids is 1. The highest BCUT2D eigenvalue weighted by atomic mass is 32.2. The number of anilines is 1. The standard InChI is InChI=1S/C15H18N4O5S/c1-9-8-10(2)17-13(16-9)18-14(22)19-25(23,24)15(3)7-5-4-6-11(15)12(20)21/h4-8,11H,1-3H3,(H,20,21)(H2,16,17,18,19,22). The molecule has 9 nitrogen and oxygen atoms in total. The Kier molecular flexibility index (Phi) is 4.93. The number of nitrogens with zero attached hydrogens (tertiary/aromatic N) is 2. The Morgan fingerprint density at radius 3 is 2.36 bits per heavy atom. The molecule has 0 radical (unpaired) electrons. The molecule has 1 aliphatic carbocycles. The van der Waals surface area contributed by atoms with E-state index in [9.17, 15) is 23.1 Å². The molecule has 2 atom stereocenters. The fraction of sp³-hybridized carbons (Fsp3) is 0.333. The Morgan fingerprint density at radius 1 is 1.20 bits per heavy atom. The summed E-state index contributed by atoms with van der Waals surface area (Å²) >= 11 is 0. The van der Waals surface area contributed by atoms with Crippen molar-refractivity contribution in [2.24, 2.45) is 5.92 Å². The summed E-state index contributed by atoms with van der Waals surface area (Å²) in [4.78, 5) is 31.4. The van der Waals surface area contributed by atoms with E-state index in [0.717, 1.165) is 0 Å². The van der Waals surface area contributed by atoms with Crippen molar-refractivity contribution >= 4 is 28.0 Å². The van der Waals surface area contributed by atoms with Crippen LogP contribution < -0.4 is 10.0 Å². The lowest BCUT2D eigenvalue weighted by Gasteiger charge is -2.31. The number of amides is 2. The molecular weight excluding hydrogens is 348 g/mol. The molecule has 2 amide bonds. The molecule has 25 heavy (non-hydrogen) atoms. The highest BCUT2D eigenvalue weighted by Crippen LogP contribution is 2.32. The van der Waals surface area contributed by atoms with Gasteiger partial charge in [0.2, 0.25) is 16.0 Å². The summed E-state index contributed by atoms with van der Waals surface area (Å²) in [5.74, 6) is -2.70. The number of urea groups is 1. The van der Waals surface area contributed by atoms with Gasteiger partial charge in [-0.05, 0) is 26.8 Å². The van der Waals surface area contributed by atoms with Gasteiger partial charge in [-0.25, -0.2) is 27.9 Å². The molecule has 0 aromatic carbocycles. The average molecular weight is 366 g/mol. The average Bonchev–Trinajstić information content (AvgIpc) is 2.45. The predicted octanol–water partition coefficient (Wildman–Crippen LogP) is 1.13. The zero-order chi connectivity index (χ0) is 18.8. The lowest BCUT2D eigenvalue weighted by Crippen LogP contribution is -2.52. The van der Waals surface area contributed by atoms with Gasteiger partial charge in [0.1, 0.15) is 4.75 Å². The number of carboxylic acids is 1. The monoisotopic (exact) mass is 366 g/mol. The maximum Gasteiger partial charge on any atom is 0.335 e. The van der Waals surface area contributed by atoms with Crippen molar-refractivity contribution < 1.29 is 23.1 Å². The van der Waals surface area contributed by atoms with E-state index in [0.29, 0.717) is 11.4 Å². The number of aryl methyl sites for hydroxylation is 2. The molecule has 1 aliphatic rings. The van der Waals surface area contributed by atoms with Gasteiger partial charge >= 0.3 is 12.0 Å². The Labute approximate surface area is 144 Å². The fourth-order valence-electron chi connectivity index (χ4n) is 2.44. The van der Waals surface area contributed by atoms with Crippen molar-refractivity contribution in [3.05, 3.63) is 41.8 Å². The first-order valence-corrected chi connectivity index (χ1v) is 8.78. The summed E-state index contributed by atoms with van der Waals surface area (Å²) in [6.45, 7) is 4.63. The third-order valence-electron chi connectivity index (χ3n) is 3.74. The maximum absolute atomic E-state index is 12.6. The van der Waals surface area contributed by atoms with Gasteiger partial charge in [-0.3, -0.25) is 10.1 Å². The van der Waals surface area contributed by atoms with Gasteiger partial charge in [-0.2, -0.15) is 0 Å². The second-order valence-corrected chi connectivity index (χ2v) is 7.87. The van der Waals surface area contributed by atoms with Crippen LogP contribution in [0.2, 0.25) is 0 Å². The first kappa shape index (κ1) is 18.6. The molecule has 0 aliphatic heterocycles. The molecule has 0 spiro atoms. The number of allylic oxidation sites excluding steroid dienone is 2. The maximum atomic E-state index is 12.6. The van der Waals surface area contributed by atoms with E-state index in [4.69, 9.17) is 0 Å². The van der Waals surface area contributed by atoms with Crippen LogP contribution in [-0.4, -0.2) is 40.2 Å². The van der Waals surface area contributed by atoms with Crippen molar-refractivity contribution in [2.75, 3.05) is 5.32 Å². The Balaban J connectivity index is 2.22. The van der Waals surface area contributed by atoms with E-state index < -0.39 is 32.7 Å². The molecular formula is C15H18N4O5S. The number of carboxylic acid groups (broad SMARTS) is 1. The third-order valence-corrected chi connectivity index (χ3v) is 5.74. The van der Waals surface area contributed by atoms with Crippen molar-refractivity contribution in [3.63, 3.8) is 0 Å². The highest BCUT2D eigenvalue weighted by Gasteiger charge is 2.48. The molecule has 1 heterocycles. The minimum absolute atomic E-state index is 0.0516. The van der Waals surface area contributed by atoms with Crippen LogP contribution in [0.25, 0.3) is 0 Å². The van der Waals surface area contributed by atoms with Crippen LogP contribution in [0.5, 0.6) is 0 Å². The predicted molar refractivity (Wildman–Crippen MR) is 90.4 cm³/mol. The summed E-state index contributed by atoms with van der Waals surface area (Å²) < 4.78 is 25.2. The van der Waals surface area contributed by atoms with Crippen LogP contribution in [0.15, 0.2) is 30.4 Å². The number of sulfonamides is 1. The molecule has 1 aromatic heterocycles. The molecule has 2 unspecified atom stereocenters. The van der Waals surface area contributed by atoms with Crippen molar-refractivity contribution in [2.45, 2.75) is 25.5 Å². The summed E-state index contributed by atoms with van der Waals surface area (Å²) in [6.07, 6.45) is 5.35. The smallest absolute Gasteiger partial charge is 0.335 e. The minimum atomic E-state index is -4.35. The molecule has 1 aromatic rings. The quantitative estimate of drug-likeness (QED) is 0.726. The fourth-order valence-corrected chi connectivity index (χ4v) is 3.73. The first-order chi connectivity index (χ1) is 11.5. The number of aromatic nitrogens is 2. The van der Waals surface area contributed by atoms with Gasteiger partial charge in [0.05, 0.1) is 5.92 Å². The number of hydrogen-bond acceptors (Lipinski definition) is 6. The number of carbonyl (C=O) groups is 2. The Bertz CT molecular complexity index is 858. The van der Waals surface area contributed by atoms with Crippen LogP contribution in [0.1, 0.15) is 18.3 Å².